The van der Waals surface area contributed by atoms with Gasteiger partial charge in [0.25, 0.3) is 0 Å². The third-order valence-corrected chi connectivity index (χ3v) is 17.7. The Morgan fingerprint density at radius 3 is 1.45 bits per heavy atom. The van der Waals surface area contributed by atoms with Crippen LogP contribution in [0.5, 0.6) is 11.5 Å². The standard InChI is InChI=1S/C35H41N5O5S.C27H35N5O3S/c1-33(2,3)46(43)38-35(15-17-39(18-16-35)32(41)44-23-25-9-7-6-8-10-25)28-13-11-26(12-14-28)30-19-29(45-24-34(4,5)42)22-40-31(30)27(20-36)21-37-40;1-25(2,3)36(34)31-27(10-12-29-13-11-27)21-8-6-19(7-9-21)23-14-22(35-18-26(4,5)33)17-32-24(23)20(15-28)16-30-32/h6-14,19,21-22,38,42H,15-18,23-24H2,1-5H3;6-9,14,16-17,29,31,33H,10-13,18H2,1-5H3. The molecule has 2 aliphatic rings. The molecule has 2 aliphatic heterocycles. The molecule has 434 valence electrons. The Hall–Kier alpha value is -7.01. The lowest BCUT2D eigenvalue weighted by molar-refractivity contribution is 0.0280. The summed E-state index contributed by atoms with van der Waals surface area (Å²) in [5.74, 6) is 1.06. The molecule has 0 saturated carbocycles. The van der Waals surface area contributed by atoms with Crippen LogP contribution in [0.15, 0.2) is 116 Å². The monoisotopic (exact) mass is 1150 g/mol. The molecule has 1 amide bonds. The number of nitrogens with zero attached hydrogens (tertiary/aromatic N) is 7. The molecular formula is C62H76N10O8S2. The van der Waals surface area contributed by atoms with Crippen LogP contribution >= 0.6 is 0 Å². The number of hydrogen-bond donors (Lipinski definition) is 5. The van der Waals surface area contributed by atoms with Crippen LogP contribution in [0.2, 0.25) is 0 Å². The number of carbonyl (C=O) groups is 1. The van der Waals surface area contributed by atoms with E-state index in [1.165, 1.54) is 6.20 Å². The summed E-state index contributed by atoms with van der Waals surface area (Å²) in [5, 5.41) is 51.8. The normalized spacial score (nSPS) is 16.3. The van der Waals surface area contributed by atoms with Gasteiger partial charge in [0.1, 0.15) is 43.5 Å². The summed E-state index contributed by atoms with van der Waals surface area (Å²) in [6.45, 7) is 21.4. The molecule has 2 unspecified atom stereocenters. The van der Waals surface area contributed by atoms with Crippen molar-refractivity contribution in [3.05, 3.63) is 144 Å². The third kappa shape index (κ3) is 14.8. The van der Waals surface area contributed by atoms with Gasteiger partial charge in [0.05, 0.1) is 101 Å². The van der Waals surface area contributed by atoms with Gasteiger partial charge in [0.2, 0.25) is 0 Å². The zero-order valence-corrected chi connectivity index (χ0v) is 50.2. The first kappa shape index (κ1) is 61.1. The van der Waals surface area contributed by atoms with Crippen LogP contribution < -0.4 is 24.2 Å². The lowest BCUT2D eigenvalue weighted by atomic mass is 9.81. The molecule has 0 radical (unpaired) electrons. The van der Waals surface area contributed by atoms with E-state index in [4.69, 9.17) is 14.2 Å². The number of aliphatic hydroxyl groups is 2. The van der Waals surface area contributed by atoms with Crippen LogP contribution in [-0.2, 0) is 44.4 Å². The molecule has 0 aliphatic carbocycles. The van der Waals surface area contributed by atoms with Gasteiger partial charge in [-0.05, 0) is 148 Å². The van der Waals surface area contributed by atoms with Crippen LogP contribution in [0, 0.1) is 22.7 Å². The van der Waals surface area contributed by atoms with Gasteiger partial charge < -0.3 is 34.6 Å². The molecule has 82 heavy (non-hydrogen) atoms. The van der Waals surface area contributed by atoms with E-state index in [2.05, 4.69) is 49.2 Å². The fourth-order valence-electron chi connectivity index (χ4n) is 9.71. The van der Waals surface area contributed by atoms with Crippen LogP contribution in [0.3, 0.4) is 0 Å². The van der Waals surface area contributed by atoms with Crippen molar-refractivity contribution < 1.29 is 37.6 Å². The first-order valence-corrected chi connectivity index (χ1v) is 29.8. The van der Waals surface area contributed by atoms with Crippen LogP contribution in [-0.4, -0.2) is 109 Å². The second-order valence-corrected chi connectivity index (χ2v) is 28.3. The van der Waals surface area contributed by atoms with E-state index < -0.39 is 43.5 Å². The summed E-state index contributed by atoms with van der Waals surface area (Å²) in [7, 11) is -2.57. The number of fused-ring (bicyclic) bond motifs is 2. The lowest BCUT2D eigenvalue weighted by Gasteiger charge is -2.43. The van der Waals surface area contributed by atoms with Gasteiger partial charge in [-0.2, -0.15) is 20.7 Å². The second kappa shape index (κ2) is 24.8. The van der Waals surface area contributed by atoms with Crippen LogP contribution in [0.1, 0.15) is 123 Å². The van der Waals surface area contributed by atoms with E-state index in [1.807, 2.05) is 120 Å². The number of amides is 1. The fraction of sp³-hybridized carbons (Fsp3) is 0.435. The second-order valence-electron chi connectivity index (χ2n) is 24.4. The van der Waals surface area contributed by atoms with Crippen molar-refractivity contribution in [2.75, 3.05) is 39.4 Å². The smallest absolute Gasteiger partial charge is 0.410 e. The molecule has 18 nitrogen and oxygen atoms in total. The predicted molar refractivity (Wildman–Crippen MR) is 319 cm³/mol. The van der Waals surface area contributed by atoms with Crippen molar-refractivity contribution in [3.8, 4) is 45.9 Å². The highest BCUT2D eigenvalue weighted by atomic mass is 32.2. The fourth-order valence-corrected chi connectivity index (χ4v) is 11.7. The first-order chi connectivity index (χ1) is 38.7. The molecule has 5 N–H and O–H groups in total. The molecule has 0 spiro atoms. The van der Waals surface area contributed by atoms with Gasteiger partial charge in [-0.1, -0.05) is 78.9 Å². The Labute approximate surface area is 486 Å². The number of aromatic nitrogens is 4. The number of nitriles is 2. The summed E-state index contributed by atoms with van der Waals surface area (Å²) < 4.78 is 53.1. The average molecular weight is 1150 g/mol. The highest BCUT2D eigenvalue weighted by molar-refractivity contribution is 7.84. The van der Waals surface area contributed by atoms with Gasteiger partial charge in [-0.15, -0.1) is 0 Å². The minimum atomic E-state index is -1.37. The number of pyridine rings is 2. The van der Waals surface area contributed by atoms with Gasteiger partial charge in [-0.25, -0.2) is 31.7 Å². The summed E-state index contributed by atoms with van der Waals surface area (Å²) in [6.07, 6.45) is 8.86. The van der Waals surface area contributed by atoms with Crippen LogP contribution in [0.4, 0.5) is 4.79 Å². The highest BCUT2D eigenvalue weighted by Crippen LogP contribution is 2.39. The van der Waals surface area contributed by atoms with E-state index >= 15 is 0 Å². The number of piperidine rings is 2. The zero-order valence-electron chi connectivity index (χ0n) is 48.5. The van der Waals surface area contributed by atoms with Gasteiger partial charge in [0, 0.05) is 24.2 Å². The zero-order chi connectivity index (χ0) is 59.3. The maximum atomic E-state index is 13.5. The maximum Gasteiger partial charge on any atom is 0.410 e. The Bertz CT molecular complexity index is 3490. The van der Waals surface area contributed by atoms with Crippen molar-refractivity contribution >= 4 is 39.1 Å². The predicted octanol–water partition coefficient (Wildman–Crippen LogP) is 9.36. The van der Waals surface area contributed by atoms with E-state index in [9.17, 15) is 33.9 Å². The Morgan fingerprint density at radius 2 is 1.06 bits per heavy atom. The summed E-state index contributed by atoms with van der Waals surface area (Å²) >= 11 is 0. The SMILES string of the molecule is CC(C)(O)COc1cc(-c2ccc(C3(NS(=O)C(C)(C)C)CCN(C(=O)OCc4ccccc4)CC3)cc2)c2c(C#N)cnn2c1.CC(C)(O)COc1cc(-c2ccc(C3(NS(=O)C(C)(C)C)CCNCC3)cc2)c2c(C#N)cnn2c1. The summed E-state index contributed by atoms with van der Waals surface area (Å²) in [6, 6.07) is 33.9. The number of carbonyl (C=O) groups excluding carboxylic acids is 1. The summed E-state index contributed by atoms with van der Waals surface area (Å²) in [4.78, 5) is 14.6. The van der Waals surface area contributed by atoms with Crippen molar-refractivity contribution in [3.63, 3.8) is 0 Å². The summed E-state index contributed by atoms with van der Waals surface area (Å²) in [5.41, 5.74) is 5.49. The molecule has 2 atom stereocenters. The van der Waals surface area contributed by atoms with Gasteiger partial charge >= 0.3 is 6.09 Å². The van der Waals surface area contributed by atoms with Crippen molar-refractivity contribution in [2.45, 2.75) is 133 Å². The van der Waals surface area contributed by atoms with E-state index in [0.29, 0.717) is 59.6 Å². The van der Waals surface area contributed by atoms with Crippen molar-refractivity contribution in [1.82, 2.24) is 38.9 Å². The molecule has 0 bridgehead atoms. The minimum absolute atomic E-state index is 0.0825. The van der Waals surface area contributed by atoms with E-state index in [1.54, 1.807) is 60.2 Å². The van der Waals surface area contributed by atoms with Crippen molar-refractivity contribution in [1.29, 1.82) is 10.5 Å². The maximum absolute atomic E-state index is 13.5. The lowest BCUT2D eigenvalue weighted by Crippen LogP contribution is -2.55. The molecule has 6 heterocycles. The van der Waals surface area contributed by atoms with Gasteiger partial charge in [-0.3, -0.25) is 0 Å². The number of likely N-dealkylation sites (tertiary alicyclic amines) is 1. The van der Waals surface area contributed by atoms with Gasteiger partial charge in [0.15, 0.2) is 0 Å². The topological polar surface area (TPSA) is 241 Å². The molecule has 20 heteroatoms. The first-order valence-electron chi connectivity index (χ1n) is 27.5. The number of rotatable bonds is 16. The van der Waals surface area contributed by atoms with Crippen molar-refractivity contribution in [2.24, 2.45) is 0 Å². The molecule has 9 rings (SSSR count). The molecule has 4 aromatic heterocycles. The molecular weight excluding hydrogens is 1080 g/mol. The Kier molecular flexibility index (Phi) is 18.5. The highest BCUT2D eigenvalue weighted by Gasteiger charge is 2.42. The average Bonchev–Trinajstić information content (AvgIpc) is 3.77. The number of benzene rings is 3. The minimum Gasteiger partial charge on any atom is -0.489 e. The largest absolute Gasteiger partial charge is 0.489 e. The third-order valence-electron chi connectivity index (χ3n) is 14.3. The Balaban J connectivity index is 0.000000221. The Morgan fingerprint density at radius 1 is 0.646 bits per heavy atom. The number of hydrogen-bond acceptors (Lipinski definition) is 13. The molecule has 3 aromatic carbocycles. The number of ether oxygens (including phenoxy) is 3. The van der Waals surface area contributed by atoms with E-state index in [-0.39, 0.29) is 36.2 Å². The quantitative estimate of drug-likeness (QED) is 0.0607. The molecule has 2 saturated heterocycles. The molecule has 7 aromatic rings. The van der Waals surface area contributed by atoms with Crippen LogP contribution in [0.25, 0.3) is 33.3 Å². The van der Waals surface area contributed by atoms with E-state index in [0.717, 1.165) is 64.9 Å². The molecule has 2 fully saturated rings. The number of nitrogens with one attached hydrogen (secondary N) is 3.